The van der Waals surface area contributed by atoms with Gasteiger partial charge in [0.05, 0.1) is 14.9 Å². The van der Waals surface area contributed by atoms with Crippen LogP contribution in [0.3, 0.4) is 0 Å². The minimum absolute atomic E-state index is 0.203. The van der Waals surface area contributed by atoms with Gasteiger partial charge >= 0.3 is 0 Å². The minimum Gasteiger partial charge on any atom is -0.397 e. The van der Waals surface area contributed by atoms with Crippen molar-refractivity contribution >= 4 is 34.0 Å². The van der Waals surface area contributed by atoms with Gasteiger partial charge in [-0.1, -0.05) is 12.8 Å². The van der Waals surface area contributed by atoms with Gasteiger partial charge in [-0.05, 0) is 41.5 Å². The van der Waals surface area contributed by atoms with Gasteiger partial charge in [0.15, 0.2) is 0 Å². The lowest BCUT2D eigenvalue weighted by molar-refractivity contribution is 0.620. The second kappa shape index (κ2) is 4.55. The number of hydrogen-bond donors (Lipinski definition) is 2. The van der Waals surface area contributed by atoms with Crippen LogP contribution in [0.5, 0.6) is 0 Å². The highest BCUT2D eigenvalue weighted by Crippen LogP contribution is 2.28. The lowest BCUT2D eigenvalue weighted by atomic mass is 10.2. The van der Waals surface area contributed by atoms with Crippen molar-refractivity contribution in [2.75, 3.05) is 11.1 Å². The van der Waals surface area contributed by atoms with Crippen molar-refractivity contribution in [1.29, 1.82) is 0 Å². The third-order valence-corrected chi connectivity index (χ3v) is 3.63. The molecular formula is C11H14FIN2. The van der Waals surface area contributed by atoms with Crippen LogP contribution in [0.2, 0.25) is 0 Å². The molecule has 1 aliphatic carbocycles. The fraction of sp³-hybridized carbons (Fsp3) is 0.455. The molecule has 0 bridgehead atoms. The van der Waals surface area contributed by atoms with Gasteiger partial charge < -0.3 is 11.1 Å². The van der Waals surface area contributed by atoms with Gasteiger partial charge in [-0.25, -0.2) is 4.39 Å². The number of halogens is 2. The van der Waals surface area contributed by atoms with Gasteiger partial charge in [0.1, 0.15) is 5.82 Å². The summed E-state index contributed by atoms with van der Waals surface area (Å²) in [5, 5.41) is 3.31. The summed E-state index contributed by atoms with van der Waals surface area (Å²) in [6.45, 7) is 0. The van der Waals surface area contributed by atoms with Crippen molar-refractivity contribution in [3.8, 4) is 0 Å². The zero-order chi connectivity index (χ0) is 10.8. The van der Waals surface area contributed by atoms with E-state index < -0.39 is 0 Å². The van der Waals surface area contributed by atoms with Gasteiger partial charge in [-0.3, -0.25) is 0 Å². The van der Waals surface area contributed by atoms with Crippen LogP contribution in [0.15, 0.2) is 12.1 Å². The van der Waals surface area contributed by atoms with Crippen molar-refractivity contribution in [1.82, 2.24) is 0 Å². The fourth-order valence-electron chi connectivity index (χ4n) is 1.98. The van der Waals surface area contributed by atoms with E-state index in [1.807, 2.05) is 22.6 Å². The van der Waals surface area contributed by atoms with Crippen LogP contribution in [-0.4, -0.2) is 6.04 Å². The molecule has 0 radical (unpaired) electrons. The molecule has 4 heteroatoms. The smallest absolute Gasteiger partial charge is 0.138 e. The standard InChI is InChI=1S/C11H14FIN2/c12-8-5-11(10(14)6-9(8)13)15-7-3-1-2-4-7/h5-7,15H,1-4,14H2. The summed E-state index contributed by atoms with van der Waals surface area (Å²) >= 11 is 1.95. The topological polar surface area (TPSA) is 38.0 Å². The largest absolute Gasteiger partial charge is 0.397 e. The highest BCUT2D eigenvalue weighted by molar-refractivity contribution is 14.1. The normalized spacial score (nSPS) is 16.9. The number of hydrogen-bond acceptors (Lipinski definition) is 2. The van der Waals surface area contributed by atoms with Gasteiger partial charge in [0.25, 0.3) is 0 Å². The maximum Gasteiger partial charge on any atom is 0.138 e. The van der Waals surface area contributed by atoms with Crippen molar-refractivity contribution in [3.05, 3.63) is 21.5 Å². The molecule has 1 aliphatic rings. The van der Waals surface area contributed by atoms with E-state index in [2.05, 4.69) is 5.32 Å². The molecule has 1 aromatic carbocycles. The van der Waals surface area contributed by atoms with Gasteiger partial charge in [-0.2, -0.15) is 0 Å². The molecule has 1 aromatic rings. The summed E-state index contributed by atoms with van der Waals surface area (Å²) in [6.07, 6.45) is 4.83. The Morgan fingerprint density at radius 2 is 2.00 bits per heavy atom. The van der Waals surface area contributed by atoms with Crippen LogP contribution in [0.25, 0.3) is 0 Å². The summed E-state index contributed by atoms with van der Waals surface area (Å²) in [5.74, 6) is -0.203. The molecule has 0 spiro atoms. The van der Waals surface area contributed by atoms with E-state index in [0.717, 1.165) is 18.5 Å². The second-order valence-corrected chi connectivity index (χ2v) is 5.14. The van der Waals surface area contributed by atoms with Crippen molar-refractivity contribution in [2.45, 2.75) is 31.7 Å². The molecular weight excluding hydrogens is 306 g/mol. The Morgan fingerprint density at radius 3 is 2.67 bits per heavy atom. The quantitative estimate of drug-likeness (QED) is 0.648. The zero-order valence-electron chi connectivity index (χ0n) is 8.39. The lowest BCUT2D eigenvalue weighted by Crippen LogP contribution is -2.16. The van der Waals surface area contributed by atoms with Gasteiger partial charge in [0, 0.05) is 12.1 Å². The Kier molecular flexibility index (Phi) is 3.33. The zero-order valence-corrected chi connectivity index (χ0v) is 10.6. The van der Waals surface area contributed by atoms with E-state index in [1.165, 1.54) is 18.9 Å². The highest BCUT2D eigenvalue weighted by Gasteiger charge is 2.16. The van der Waals surface area contributed by atoms with Crippen LogP contribution < -0.4 is 11.1 Å². The molecule has 3 N–H and O–H groups in total. The molecule has 0 heterocycles. The SMILES string of the molecule is Nc1cc(I)c(F)cc1NC1CCCC1. The maximum atomic E-state index is 13.3. The number of nitrogen functional groups attached to an aromatic ring is 1. The van der Waals surface area contributed by atoms with Crippen molar-refractivity contribution in [2.24, 2.45) is 0 Å². The maximum absolute atomic E-state index is 13.3. The van der Waals surface area contributed by atoms with E-state index in [0.29, 0.717) is 15.3 Å². The number of rotatable bonds is 2. The molecule has 0 atom stereocenters. The number of anilines is 2. The first-order valence-corrected chi connectivity index (χ1v) is 6.26. The Bertz CT molecular complexity index is 362. The molecule has 0 aliphatic heterocycles. The number of nitrogens with one attached hydrogen (secondary N) is 1. The van der Waals surface area contributed by atoms with Crippen LogP contribution in [0, 0.1) is 9.39 Å². The van der Waals surface area contributed by atoms with E-state index >= 15 is 0 Å². The molecule has 0 saturated heterocycles. The van der Waals surface area contributed by atoms with Crippen molar-refractivity contribution < 1.29 is 4.39 Å². The Hall–Kier alpha value is -0.520. The summed E-state index contributed by atoms with van der Waals surface area (Å²) in [6, 6.07) is 3.63. The predicted octanol–water partition coefficient (Wildman–Crippen LogP) is 3.37. The minimum atomic E-state index is -0.203. The molecule has 0 unspecified atom stereocenters. The summed E-state index contributed by atoms with van der Waals surface area (Å²) < 4.78 is 13.9. The van der Waals surface area contributed by atoms with Gasteiger partial charge in [-0.15, -0.1) is 0 Å². The molecule has 2 nitrogen and oxygen atoms in total. The molecule has 1 fully saturated rings. The molecule has 15 heavy (non-hydrogen) atoms. The summed E-state index contributed by atoms with van der Waals surface area (Å²) in [7, 11) is 0. The van der Waals surface area contributed by atoms with Crippen molar-refractivity contribution in [3.63, 3.8) is 0 Å². The first kappa shape index (κ1) is 11.0. The number of nitrogens with two attached hydrogens (primary N) is 1. The molecule has 2 rings (SSSR count). The van der Waals surface area contributed by atoms with Crippen LogP contribution in [-0.2, 0) is 0 Å². The van der Waals surface area contributed by atoms with Crippen LogP contribution in [0.1, 0.15) is 25.7 Å². The lowest BCUT2D eigenvalue weighted by Gasteiger charge is -2.15. The number of benzene rings is 1. The predicted molar refractivity (Wildman–Crippen MR) is 69.4 cm³/mol. The van der Waals surface area contributed by atoms with E-state index in [4.69, 9.17) is 5.73 Å². The Balaban J connectivity index is 2.16. The van der Waals surface area contributed by atoms with E-state index in [9.17, 15) is 4.39 Å². The highest BCUT2D eigenvalue weighted by atomic mass is 127. The Labute approximate surface area is 103 Å². The average molecular weight is 320 g/mol. The van der Waals surface area contributed by atoms with Gasteiger partial charge in [0.2, 0.25) is 0 Å². The first-order valence-electron chi connectivity index (χ1n) is 5.18. The first-order chi connectivity index (χ1) is 7.16. The summed E-state index contributed by atoms with van der Waals surface area (Å²) in [4.78, 5) is 0. The second-order valence-electron chi connectivity index (χ2n) is 3.98. The van der Waals surface area contributed by atoms with Crippen LogP contribution >= 0.6 is 22.6 Å². The summed E-state index contributed by atoms with van der Waals surface area (Å²) in [5.41, 5.74) is 7.20. The molecule has 0 amide bonds. The monoisotopic (exact) mass is 320 g/mol. The molecule has 1 saturated carbocycles. The molecule has 82 valence electrons. The fourth-order valence-corrected chi connectivity index (χ4v) is 2.47. The molecule has 0 aromatic heterocycles. The van der Waals surface area contributed by atoms with E-state index in [-0.39, 0.29) is 5.82 Å². The van der Waals surface area contributed by atoms with Crippen LogP contribution in [0.4, 0.5) is 15.8 Å². The third-order valence-electron chi connectivity index (χ3n) is 2.81. The Morgan fingerprint density at radius 1 is 1.33 bits per heavy atom. The van der Waals surface area contributed by atoms with E-state index in [1.54, 1.807) is 6.07 Å². The third kappa shape index (κ3) is 2.53. The average Bonchev–Trinajstić information content (AvgIpc) is 2.67.